The molecule has 3 N–H and O–H groups in total. The number of aryl methyl sites for hydroxylation is 1. The van der Waals surface area contributed by atoms with E-state index in [9.17, 15) is 14.4 Å². The van der Waals surface area contributed by atoms with E-state index < -0.39 is 5.91 Å². The number of hydrogen-bond donors (Lipinski definition) is 3. The number of anilines is 2. The number of thioether (sulfide) groups is 1. The molecule has 214 valence electrons. The van der Waals surface area contributed by atoms with Gasteiger partial charge in [0, 0.05) is 16.1 Å². The lowest BCUT2D eigenvalue weighted by molar-refractivity contribution is -0.116. The van der Waals surface area contributed by atoms with E-state index in [1.807, 2.05) is 74.5 Å². The summed E-state index contributed by atoms with van der Waals surface area (Å²) in [5.74, 6) is -0.414. The first-order chi connectivity index (χ1) is 20.4. The average Bonchev–Trinajstić information content (AvgIpc) is 3.00. The minimum absolute atomic E-state index is 0.107. The summed E-state index contributed by atoms with van der Waals surface area (Å²) in [6.45, 7) is 3.91. The zero-order valence-electron chi connectivity index (χ0n) is 23.7. The molecule has 1 atom stereocenters. The molecular weight excluding hydrogens is 546 g/mol. The number of ether oxygens (including phenoxy) is 1. The van der Waals surface area contributed by atoms with Crippen LogP contribution in [-0.4, -0.2) is 30.1 Å². The molecule has 0 aliphatic carbocycles. The van der Waals surface area contributed by atoms with Crippen LogP contribution < -0.4 is 20.7 Å². The van der Waals surface area contributed by atoms with Crippen LogP contribution in [0.3, 0.4) is 0 Å². The smallest absolute Gasteiger partial charge is 0.272 e. The third-order valence-corrected chi connectivity index (χ3v) is 7.64. The predicted octanol–water partition coefficient (Wildman–Crippen LogP) is 6.92. The van der Waals surface area contributed by atoms with Crippen LogP contribution in [0.4, 0.5) is 11.4 Å². The van der Waals surface area contributed by atoms with Crippen LogP contribution in [0, 0.1) is 6.92 Å². The number of hydrogen-bond acceptors (Lipinski definition) is 5. The molecular formula is C34H33N3O4S. The summed E-state index contributed by atoms with van der Waals surface area (Å²) in [4.78, 5) is 40.3. The van der Waals surface area contributed by atoms with Crippen molar-refractivity contribution in [3.63, 3.8) is 0 Å². The monoisotopic (exact) mass is 579 g/mol. The van der Waals surface area contributed by atoms with Gasteiger partial charge in [0.25, 0.3) is 11.8 Å². The van der Waals surface area contributed by atoms with Crippen molar-refractivity contribution < 1.29 is 19.1 Å². The van der Waals surface area contributed by atoms with Gasteiger partial charge in [-0.15, -0.1) is 11.8 Å². The lowest BCUT2D eigenvalue weighted by atomic mass is 10.1. The van der Waals surface area contributed by atoms with Crippen molar-refractivity contribution in [3.8, 4) is 5.75 Å². The van der Waals surface area contributed by atoms with Gasteiger partial charge < -0.3 is 20.7 Å². The van der Waals surface area contributed by atoms with Crippen LogP contribution in [0.25, 0.3) is 6.08 Å². The van der Waals surface area contributed by atoms with Gasteiger partial charge in [0.15, 0.2) is 0 Å². The Morgan fingerprint density at radius 3 is 2.33 bits per heavy atom. The van der Waals surface area contributed by atoms with Crippen molar-refractivity contribution in [2.45, 2.75) is 30.4 Å². The summed E-state index contributed by atoms with van der Waals surface area (Å²) in [5, 5.41) is 8.24. The Morgan fingerprint density at radius 1 is 0.857 bits per heavy atom. The van der Waals surface area contributed by atoms with Crippen LogP contribution in [0.2, 0.25) is 0 Å². The van der Waals surface area contributed by atoms with Crippen molar-refractivity contribution >= 4 is 46.9 Å². The SMILES string of the molecule is CCC(Sc1cccc(NC(=O)/C(=C\c2cccc(C)c2)NC(=O)c2ccccc2)c1)C(=O)Nc1ccccc1OC. The number of nitrogens with one attached hydrogen (secondary N) is 3. The predicted molar refractivity (Wildman–Crippen MR) is 170 cm³/mol. The van der Waals surface area contributed by atoms with Gasteiger partial charge in [-0.3, -0.25) is 14.4 Å². The Hall–Kier alpha value is -4.82. The zero-order chi connectivity index (χ0) is 29.9. The molecule has 3 amide bonds. The summed E-state index contributed by atoms with van der Waals surface area (Å²) in [7, 11) is 1.56. The second kappa shape index (κ2) is 14.7. The number of benzene rings is 4. The van der Waals surface area contributed by atoms with Crippen LogP contribution in [0.15, 0.2) is 114 Å². The average molecular weight is 580 g/mol. The summed E-state index contributed by atoms with van der Waals surface area (Å²) in [6, 6.07) is 30.9. The van der Waals surface area contributed by atoms with Crippen molar-refractivity contribution in [1.82, 2.24) is 5.32 Å². The topological polar surface area (TPSA) is 96.5 Å². The second-order valence-electron chi connectivity index (χ2n) is 9.48. The van der Waals surface area contributed by atoms with E-state index >= 15 is 0 Å². The summed E-state index contributed by atoms with van der Waals surface area (Å²) >= 11 is 1.40. The van der Waals surface area contributed by atoms with Gasteiger partial charge in [-0.05, 0) is 67.4 Å². The third-order valence-electron chi connectivity index (χ3n) is 6.28. The Balaban J connectivity index is 1.50. The third kappa shape index (κ3) is 8.34. The van der Waals surface area contributed by atoms with Gasteiger partial charge in [-0.2, -0.15) is 0 Å². The van der Waals surface area contributed by atoms with Crippen molar-refractivity contribution in [1.29, 1.82) is 0 Å². The lowest BCUT2D eigenvalue weighted by Gasteiger charge is -2.17. The van der Waals surface area contributed by atoms with Crippen molar-refractivity contribution in [2.75, 3.05) is 17.7 Å². The van der Waals surface area contributed by atoms with Crippen LogP contribution in [0.5, 0.6) is 5.75 Å². The molecule has 4 rings (SSSR count). The highest BCUT2D eigenvalue weighted by atomic mass is 32.2. The molecule has 0 aromatic heterocycles. The van der Waals surface area contributed by atoms with Crippen molar-refractivity contribution in [3.05, 3.63) is 126 Å². The van der Waals surface area contributed by atoms with Gasteiger partial charge in [0.2, 0.25) is 5.91 Å². The van der Waals surface area contributed by atoms with E-state index in [2.05, 4.69) is 16.0 Å². The second-order valence-corrected chi connectivity index (χ2v) is 10.8. The summed E-state index contributed by atoms with van der Waals surface area (Å²) in [5.41, 5.74) is 3.50. The fourth-order valence-corrected chi connectivity index (χ4v) is 5.18. The van der Waals surface area contributed by atoms with E-state index in [1.54, 1.807) is 55.7 Å². The minimum atomic E-state index is -0.469. The summed E-state index contributed by atoms with van der Waals surface area (Å²) in [6.07, 6.45) is 2.24. The zero-order valence-corrected chi connectivity index (χ0v) is 24.5. The van der Waals surface area contributed by atoms with E-state index in [1.165, 1.54) is 11.8 Å². The quantitative estimate of drug-likeness (QED) is 0.132. The Bertz CT molecular complexity index is 1590. The molecule has 0 saturated carbocycles. The number of amides is 3. The van der Waals surface area contributed by atoms with Gasteiger partial charge in [0.05, 0.1) is 18.0 Å². The van der Waals surface area contributed by atoms with Crippen LogP contribution >= 0.6 is 11.8 Å². The molecule has 0 radical (unpaired) electrons. The molecule has 0 heterocycles. The van der Waals surface area contributed by atoms with E-state index in [-0.39, 0.29) is 22.8 Å². The number of rotatable bonds is 11. The number of methoxy groups -OCH3 is 1. The molecule has 8 heteroatoms. The van der Waals surface area contributed by atoms with Gasteiger partial charge >= 0.3 is 0 Å². The largest absolute Gasteiger partial charge is 0.495 e. The highest BCUT2D eigenvalue weighted by Gasteiger charge is 2.20. The number of carbonyl (C=O) groups excluding carboxylic acids is 3. The van der Waals surface area contributed by atoms with E-state index in [0.29, 0.717) is 29.1 Å². The van der Waals surface area contributed by atoms with Gasteiger partial charge in [-0.25, -0.2) is 0 Å². The number of para-hydroxylation sites is 2. The molecule has 0 bridgehead atoms. The first-order valence-electron chi connectivity index (χ1n) is 13.5. The molecule has 42 heavy (non-hydrogen) atoms. The standard InChI is InChI=1S/C34H33N3O4S/c1-4-31(34(40)36-28-18-8-9-19-30(28)41-3)42-27-17-11-16-26(22-27)35-33(39)29(21-24-13-10-12-23(2)20-24)37-32(38)25-14-6-5-7-15-25/h5-22,31H,4H2,1-3H3,(H,35,39)(H,36,40)(H,37,38)/b29-21+. The Kier molecular flexibility index (Phi) is 10.6. The van der Waals surface area contributed by atoms with Crippen molar-refractivity contribution in [2.24, 2.45) is 0 Å². The molecule has 4 aromatic carbocycles. The molecule has 4 aromatic rings. The molecule has 0 saturated heterocycles. The first-order valence-corrected chi connectivity index (χ1v) is 14.4. The molecule has 0 spiro atoms. The molecule has 7 nitrogen and oxygen atoms in total. The molecule has 1 unspecified atom stereocenters. The van der Waals surface area contributed by atoms with E-state index in [4.69, 9.17) is 4.74 Å². The summed E-state index contributed by atoms with van der Waals surface area (Å²) < 4.78 is 5.35. The lowest BCUT2D eigenvalue weighted by Crippen LogP contribution is -2.30. The van der Waals surface area contributed by atoms with E-state index in [0.717, 1.165) is 16.0 Å². The normalized spacial score (nSPS) is 11.7. The molecule has 0 aliphatic heterocycles. The van der Waals surface area contributed by atoms with Crippen LogP contribution in [0.1, 0.15) is 34.8 Å². The fraction of sp³-hybridized carbons (Fsp3) is 0.147. The number of carbonyl (C=O) groups is 3. The fourth-order valence-electron chi connectivity index (χ4n) is 4.16. The highest BCUT2D eigenvalue weighted by molar-refractivity contribution is 8.00. The maximum absolute atomic E-state index is 13.5. The first kappa shape index (κ1) is 30.1. The molecule has 0 aliphatic rings. The highest BCUT2D eigenvalue weighted by Crippen LogP contribution is 2.30. The maximum atomic E-state index is 13.5. The Morgan fingerprint density at radius 2 is 1.60 bits per heavy atom. The van der Waals surface area contributed by atoms with Crippen LogP contribution in [-0.2, 0) is 9.59 Å². The van der Waals surface area contributed by atoms with Gasteiger partial charge in [0.1, 0.15) is 11.4 Å². The molecule has 0 fully saturated rings. The Labute approximate surface area is 250 Å². The maximum Gasteiger partial charge on any atom is 0.272 e. The van der Waals surface area contributed by atoms with Gasteiger partial charge in [-0.1, -0.05) is 73.2 Å². The minimum Gasteiger partial charge on any atom is -0.495 e.